The number of halogens is 1. The van der Waals surface area contributed by atoms with E-state index in [1.807, 2.05) is 6.92 Å². The maximum atomic E-state index is 13.5. The highest BCUT2D eigenvalue weighted by molar-refractivity contribution is 7.92. The number of hydrogen-bond acceptors (Lipinski definition) is 6. The van der Waals surface area contributed by atoms with Crippen molar-refractivity contribution in [2.24, 2.45) is 0 Å². The van der Waals surface area contributed by atoms with E-state index in [4.69, 9.17) is 9.47 Å². The van der Waals surface area contributed by atoms with Crippen molar-refractivity contribution in [1.82, 2.24) is 0 Å². The van der Waals surface area contributed by atoms with Crippen LogP contribution in [-0.4, -0.2) is 40.1 Å². The Morgan fingerprint density at radius 2 is 1.51 bits per heavy atom. The van der Waals surface area contributed by atoms with Crippen LogP contribution in [0.2, 0.25) is 0 Å². The minimum absolute atomic E-state index is 0.0585. The topological polar surface area (TPSA) is 102 Å². The molecule has 0 saturated heterocycles. The minimum atomic E-state index is -4.18. The Labute approximate surface area is 203 Å². The van der Waals surface area contributed by atoms with Crippen LogP contribution in [0.4, 0.5) is 15.8 Å². The molecule has 0 aliphatic rings. The summed E-state index contributed by atoms with van der Waals surface area (Å²) < 4.78 is 51.5. The Morgan fingerprint density at radius 1 is 0.886 bits per heavy atom. The maximum Gasteiger partial charge on any atom is 0.338 e. The molecule has 0 bridgehead atoms. The van der Waals surface area contributed by atoms with Gasteiger partial charge < -0.3 is 14.8 Å². The molecule has 3 aromatic carbocycles. The highest BCUT2D eigenvalue weighted by Gasteiger charge is 2.27. The summed E-state index contributed by atoms with van der Waals surface area (Å²) in [7, 11) is -4.18. The molecule has 0 aliphatic heterocycles. The van der Waals surface area contributed by atoms with Crippen LogP contribution in [0.3, 0.4) is 0 Å². The average molecular weight is 501 g/mol. The van der Waals surface area contributed by atoms with Crippen LogP contribution in [0.15, 0.2) is 77.7 Å². The molecule has 10 heteroatoms. The summed E-state index contributed by atoms with van der Waals surface area (Å²) in [5, 5.41) is 2.61. The van der Waals surface area contributed by atoms with Gasteiger partial charge >= 0.3 is 5.97 Å². The van der Waals surface area contributed by atoms with Crippen LogP contribution in [0.5, 0.6) is 5.75 Å². The number of hydrogen-bond donors (Lipinski definition) is 1. The van der Waals surface area contributed by atoms with Gasteiger partial charge in [-0.05, 0) is 86.6 Å². The molecule has 0 unspecified atom stereocenters. The molecular formula is C25H25FN2O6S. The van der Waals surface area contributed by atoms with E-state index in [2.05, 4.69) is 5.32 Å². The molecule has 0 aromatic heterocycles. The van der Waals surface area contributed by atoms with E-state index in [0.29, 0.717) is 23.6 Å². The number of benzene rings is 3. The zero-order valence-electron chi connectivity index (χ0n) is 19.2. The van der Waals surface area contributed by atoms with E-state index in [1.165, 1.54) is 60.7 Å². The highest BCUT2D eigenvalue weighted by atomic mass is 32.2. The second-order valence-corrected chi connectivity index (χ2v) is 9.10. The van der Waals surface area contributed by atoms with Gasteiger partial charge in [0.15, 0.2) is 0 Å². The van der Waals surface area contributed by atoms with Crippen molar-refractivity contribution in [1.29, 1.82) is 0 Å². The summed E-state index contributed by atoms with van der Waals surface area (Å²) in [4.78, 5) is 24.5. The monoisotopic (exact) mass is 500 g/mol. The molecule has 0 heterocycles. The fourth-order valence-electron chi connectivity index (χ4n) is 3.16. The predicted octanol–water partition coefficient (Wildman–Crippen LogP) is 4.24. The number of sulfonamides is 1. The van der Waals surface area contributed by atoms with Gasteiger partial charge in [-0.15, -0.1) is 0 Å². The minimum Gasteiger partial charge on any atom is -0.494 e. The van der Waals surface area contributed by atoms with Crippen LogP contribution in [-0.2, 0) is 19.6 Å². The molecule has 0 saturated carbocycles. The number of carbonyl (C=O) groups is 2. The van der Waals surface area contributed by atoms with E-state index in [9.17, 15) is 22.4 Å². The van der Waals surface area contributed by atoms with Gasteiger partial charge in [0.25, 0.3) is 10.0 Å². The first-order valence-corrected chi connectivity index (χ1v) is 12.3. The predicted molar refractivity (Wildman–Crippen MR) is 130 cm³/mol. The van der Waals surface area contributed by atoms with Crippen molar-refractivity contribution in [3.63, 3.8) is 0 Å². The first kappa shape index (κ1) is 25.7. The van der Waals surface area contributed by atoms with Gasteiger partial charge in [0.05, 0.1) is 29.4 Å². The van der Waals surface area contributed by atoms with Crippen LogP contribution in [0, 0.1) is 5.82 Å². The Hall–Kier alpha value is -3.92. The van der Waals surface area contributed by atoms with Crippen LogP contribution < -0.4 is 14.4 Å². The SMILES string of the molecule is CCOC(=O)c1ccc(NC(=O)CN(c2ccc(F)cc2)S(=O)(=O)c2ccc(OCC)cc2)cc1. The number of nitrogens with zero attached hydrogens (tertiary/aromatic N) is 1. The molecule has 3 rings (SSSR count). The quantitative estimate of drug-likeness (QED) is 0.418. The summed E-state index contributed by atoms with van der Waals surface area (Å²) in [6, 6.07) is 16.6. The third-order valence-corrected chi connectivity index (χ3v) is 6.59. The van der Waals surface area contributed by atoms with E-state index in [-0.39, 0.29) is 17.2 Å². The summed E-state index contributed by atoms with van der Waals surface area (Å²) >= 11 is 0. The van der Waals surface area contributed by atoms with Gasteiger partial charge in [-0.2, -0.15) is 0 Å². The Bertz CT molecular complexity index is 1260. The Kier molecular flexibility index (Phi) is 8.43. The average Bonchev–Trinajstić information content (AvgIpc) is 2.84. The van der Waals surface area contributed by atoms with Crippen molar-refractivity contribution in [3.05, 3.63) is 84.2 Å². The van der Waals surface area contributed by atoms with E-state index >= 15 is 0 Å². The summed E-state index contributed by atoms with van der Waals surface area (Å²) in [6.07, 6.45) is 0. The van der Waals surface area contributed by atoms with Crippen molar-refractivity contribution in [2.75, 3.05) is 29.4 Å². The number of esters is 1. The third-order valence-electron chi connectivity index (χ3n) is 4.80. The second-order valence-electron chi connectivity index (χ2n) is 7.24. The molecule has 1 N–H and O–H groups in total. The van der Waals surface area contributed by atoms with Crippen LogP contribution >= 0.6 is 0 Å². The number of ether oxygens (including phenoxy) is 2. The molecule has 0 aliphatic carbocycles. The summed E-state index contributed by atoms with van der Waals surface area (Å²) in [6.45, 7) is 3.60. The largest absolute Gasteiger partial charge is 0.494 e. The Morgan fingerprint density at radius 3 is 2.09 bits per heavy atom. The lowest BCUT2D eigenvalue weighted by atomic mass is 10.2. The van der Waals surface area contributed by atoms with Crippen LogP contribution in [0.1, 0.15) is 24.2 Å². The molecule has 35 heavy (non-hydrogen) atoms. The van der Waals surface area contributed by atoms with E-state index < -0.39 is 34.3 Å². The van der Waals surface area contributed by atoms with Crippen molar-refractivity contribution < 1.29 is 31.9 Å². The first-order valence-electron chi connectivity index (χ1n) is 10.8. The lowest BCUT2D eigenvalue weighted by Crippen LogP contribution is -2.38. The van der Waals surface area contributed by atoms with Gasteiger partial charge in [-0.1, -0.05) is 0 Å². The fourth-order valence-corrected chi connectivity index (χ4v) is 4.58. The molecule has 0 radical (unpaired) electrons. The number of nitrogens with one attached hydrogen (secondary N) is 1. The highest BCUT2D eigenvalue weighted by Crippen LogP contribution is 2.25. The third kappa shape index (κ3) is 6.57. The van der Waals surface area contributed by atoms with Gasteiger partial charge in [0, 0.05) is 5.69 Å². The molecule has 0 spiro atoms. The molecule has 0 fully saturated rings. The number of rotatable bonds is 10. The first-order chi connectivity index (χ1) is 16.7. The summed E-state index contributed by atoms with van der Waals surface area (Å²) in [5.74, 6) is -1.16. The standard InChI is InChI=1S/C25H25FN2O6S/c1-3-33-22-13-15-23(16-14-22)35(31,32)28(21-11-7-19(26)8-12-21)17-24(29)27-20-9-5-18(6-10-20)25(30)34-4-2/h5-16H,3-4,17H2,1-2H3,(H,27,29). The van der Waals surface area contributed by atoms with E-state index in [0.717, 1.165) is 16.4 Å². The summed E-state index contributed by atoms with van der Waals surface area (Å²) in [5.41, 5.74) is 0.796. The van der Waals surface area contributed by atoms with Crippen molar-refractivity contribution in [2.45, 2.75) is 18.7 Å². The van der Waals surface area contributed by atoms with Crippen molar-refractivity contribution in [3.8, 4) is 5.75 Å². The Balaban J connectivity index is 1.84. The normalized spacial score (nSPS) is 10.9. The fraction of sp³-hybridized carbons (Fsp3) is 0.200. The number of amides is 1. The lowest BCUT2D eigenvalue weighted by molar-refractivity contribution is -0.114. The lowest BCUT2D eigenvalue weighted by Gasteiger charge is -2.24. The van der Waals surface area contributed by atoms with Gasteiger partial charge in [-0.25, -0.2) is 17.6 Å². The second kappa shape index (κ2) is 11.5. The van der Waals surface area contributed by atoms with Crippen LogP contribution in [0.25, 0.3) is 0 Å². The van der Waals surface area contributed by atoms with Gasteiger partial charge in [-0.3, -0.25) is 9.10 Å². The van der Waals surface area contributed by atoms with E-state index in [1.54, 1.807) is 6.92 Å². The molecule has 3 aromatic rings. The number of anilines is 2. The molecule has 0 atom stereocenters. The zero-order valence-corrected chi connectivity index (χ0v) is 20.0. The molecule has 184 valence electrons. The molecular weight excluding hydrogens is 475 g/mol. The molecule has 8 nitrogen and oxygen atoms in total. The maximum absolute atomic E-state index is 13.5. The van der Waals surface area contributed by atoms with Gasteiger partial charge in [0.2, 0.25) is 5.91 Å². The number of carbonyl (C=O) groups excluding carboxylic acids is 2. The smallest absolute Gasteiger partial charge is 0.338 e. The molecule has 1 amide bonds. The van der Waals surface area contributed by atoms with Gasteiger partial charge in [0.1, 0.15) is 18.1 Å². The van der Waals surface area contributed by atoms with Crippen molar-refractivity contribution >= 4 is 33.3 Å². The zero-order chi connectivity index (χ0) is 25.4.